The fraction of sp³-hybridized carbons (Fsp3) is 0.368. The Hall–Kier alpha value is -2.82. The zero-order valence-corrected chi connectivity index (χ0v) is 16.4. The van der Waals surface area contributed by atoms with Crippen molar-refractivity contribution in [2.45, 2.75) is 13.2 Å². The van der Waals surface area contributed by atoms with Crippen molar-refractivity contribution in [2.75, 3.05) is 37.9 Å². The normalized spacial score (nSPS) is 17.2. The molecule has 9 nitrogen and oxygen atoms in total. The monoisotopic (exact) mass is 413 g/mol. The van der Waals surface area contributed by atoms with Gasteiger partial charge in [-0.1, -0.05) is 0 Å². The van der Waals surface area contributed by atoms with E-state index in [0.29, 0.717) is 13.2 Å². The number of thiophene rings is 1. The van der Waals surface area contributed by atoms with Crippen LogP contribution >= 0.6 is 11.3 Å². The summed E-state index contributed by atoms with van der Waals surface area (Å²) in [5.41, 5.74) is 1.65. The van der Waals surface area contributed by atoms with Gasteiger partial charge in [0.15, 0.2) is 6.79 Å². The van der Waals surface area contributed by atoms with E-state index in [4.69, 9.17) is 9.47 Å². The second kappa shape index (κ2) is 7.54. The Balaban J connectivity index is 1.33. The van der Waals surface area contributed by atoms with Gasteiger partial charge in [0.1, 0.15) is 22.7 Å². The molecule has 0 amide bonds. The van der Waals surface area contributed by atoms with Crippen LogP contribution in [0.3, 0.4) is 0 Å². The van der Waals surface area contributed by atoms with Crippen molar-refractivity contribution in [3.8, 4) is 5.75 Å². The Morgan fingerprint density at radius 3 is 2.90 bits per heavy atom. The number of hydrogen-bond donors (Lipinski definition) is 0. The molecule has 150 valence electrons. The fourth-order valence-electron chi connectivity index (χ4n) is 3.89. The summed E-state index contributed by atoms with van der Waals surface area (Å²) in [6.07, 6.45) is 1.62. The molecule has 2 aliphatic heterocycles. The van der Waals surface area contributed by atoms with E-state index in [-0.39, 0.29) is 17.4 Å². The predicted octanol–water partition coefficient (Wildman–Crippen LogP) is 2.79. The highest BCUT2D eigenvalue weighted by atomic mass is 32.1. The van der Waals surface area contributed by atoms with Gasteiger partial charge in [-0.25, -0.2) is 9.97 Å². The van der Waals surface area contributed by atoms with E-state index in [2.05, 4.69) is 25.8 Å². The van der Waals surface area contributed by atoms with Crippen LogP contribution in [0.15, 0.2) is 29.9 Å². The molecule has 0 bridgehead atoms. The first kappa shape index (κ1) is 18.2. The summed E-state index contributed by atoms with van der Waals surface area (Å²) in [6.45, 7) is 4.47. The number of nitro benzene ring substituents is 1. The number of aromatic nitrogens is 2. The Morgan fingerprint density at radius 2 is 2.07 bits per heavy atom. The fourth-order valence-corrected chi connectivity index (χ4v) is 4.62. The zero-order valence-electron chi connectivity index (χ0n) is 15.6. The van der Waals surface area contributed by atoms with E-state index >= 15 is 0 Å². The summed E-state index contributed by atoms with van der Waals surface area (Å²) >= 11 is 1.62. The third kappa shape index (κ3) is 3.50. The van der Waals surface area contributed by atoms with E-state index < -0.39 is 0 Å². The number of anilines is 1. The molecule has 29 heavy (non-hydrogen) atoms. The number of fused-ring (bicyclic) bond motifs is 2. The van der Waals surface area contributed by atoms with Gasteiger partial charge in [0.25, 0.3) is 5.69 Å². The minimum absolute atomic E-state index is 0.0762. The number of rotatable bonds is 4. The van der Waals surface area contributed by atoms with Crippen molar-refractivity contribution in [3.05, 3.63) is 51.1 Å². The molecule has 0 radical (unpaired) electrons. The summed E-state index contributed by atoms with van der Waals surface area (Å²) in [7, 11) is 0. The summed E-state index contributed by atoms with van der Waals surface area (Å²) in [5.74, 6) is 1.70. The highest BCUT2D eigenvalue weighted by Gasteiger charge is 2.25. The van der Waals surface area contributed by atoms with Gasteiger partial charge in [-0.2, -0.15) is 0 Å². The molecule has 0 unspecified atom stereocenters. The summed E-state index contributed by atoms with van der Waals surface area (Å²) in [5, 5.41) is 14.4. The van der Waals surface area contributed by atoms with Crippen molar-refractivity contribution in [1.82, 2.24) is 14.9 Å². The van der Waals surface area contributed by atoms with Crippen LogP contribution in [0.1, 0.15) is 11.1 Å². The quantitative estimate of drug-likeness (QED) is 0.476. The largest absolute Gasteiger partial charge is 0.467 e. The number of nitro groups is 1. The van der Waals surface area contributed by atoms with Crippen molar-refractivity contribution in [2.24, 2.45) is 0 Å². The molecule has 1 aromatic carbocycles. The van der Waals surface area contributed by atoms with Crippen molar-refractivity contribution in [3.63, 3.8) is 0 Å². The molecule has 10 heteroatoms. The number of hydrogen-bond acceptors (Lipinski definition) is 9. The predicted molar refractivity (Wildman–Crippen MR) is 108 cm³/mol. The molecule has 1 fully saturated rings. The minimum atomic E-state index is -0.364. The molecule has 5 rings (SSSR count). The summed E-state index contributed by atoms with van der Waals surface area (Å²) < 4.78 is 11.0. The van der Waals surface area contributed by atoms with Crippen LogP contribution in [0, 0.1) is 10.1 Å². The number of non-ortho nitro benzene ring substituents is 1. The lowest BCUT2D eigenvalue weighted by Crippen LogP contribution is -2.46. The van der Waals surface area contributed by atoms with Gasteiger partial charge in [-0.3, -0.25) is 15.0 Å². The summed E-state index contributed by atoms with van der Waals surface area (Å²) in [4.78, 5) is 25.3. The molecule has 0 aliphatic carbocycles. The third-order valence-corrected chi connectivity index (χ3v) is 6.11. The molecule has 3 aromatic rings. The first-order valence-electron chi connectivity index (χ1n) is 9.35. The molecule has 0 spiro atoms. The van der Waals surface area contributed by atoms with Crippen LogP contribution in [0.2, 0.25) is 0 Å². The lowest BCUT2D eigenvalue weighted by molar-refractivity contribution is -0.385. The Morgan fingerprint density at radius 1 is 1.21 bits per heavy atom. The van der Waals surface area contributed by atoms with Crippen LogP contribution in [0.25, 0.3) is 10.2 Å². The topological polar surface area (TPSA) is 93.9 Å². The second-order valence-corrected chi connectivity index (χ2v) is 7.96. The lowest BCUT2D eigenvalue weighted by atomic mass is 10.1. The third-order valence-electron chi connectivity index (χ3n) is 5.29. The van der Waals surface area contributed by atoms with Crippen LogP contribution in [-0.4, -0.2) is 52.8 Å². The number of nitrogens with zero attached hydrogens (tertiary/aromatic N) is 5. The van der Waals surface area contributed by atoms with Crippen molar-refractivity contribution >= 4 is 33.1 Å². The van der Waals surface area contributed by atoms with Crippen molar-refractivity contribution in [1.29, 1.82) is 0 Å². The average Bonchev–Trinajstić information content (AvgIpc) is 3.23. The van der Waals surface area contributed by atoms with Gasteiger partial charge in [-0.15, -0.1) is 11.3 Å². The van der Waals surface area contributed by atoms with Gasteiger partial charge in [-0.05, 0) is 11.4 Å². The maximum absolute atomic E-state index is 11.3. The van der Waals surface area contributed by atoms with E-state index in [1.54, 1.807) is 23.7 Å². The molecule has 0 atom stereocenters. The van der Waals surface area contributed by atoms with Crippen LogP contribution in [0.4, 0.5) is 11.5 Å². The molecule has 0 saturated carbocycles. The number of benzene rings is 1. The molecule has 0 N–H and O–H groups in total. The minimum Gasteiger partial charge on any atom is -0.467 e. The Kier molecular flexibility index (Phi) is 4.74. The smallest absolute Gasteiger partial charge is 0.270 e. The van der Waals surface area contributed by atoms with Gasteiger partial charge >= 0.3 is 0 Å². The summed E-state index contributed by atoms with van der Waals surface area (Å²) in [6, 6.07) is 5.23. The highest BCUT2D eigenvalue weighted by molar-refractivity contribution is 7.16. The average molecular weight is 413 g/mol. The van der Waals surface area contributed by atoms with E-state index in [9.17, 15) is 10.1 Å². The number of ether oxygens (including phenoxy) is 2. The van der Waals surface area contributed by atoms with Crippen molar-refractivity contribution < 1.29 is 14.4 Å². The first-order chi connectivity index (χ1) is 14.2. The number of piperazine rings is 1. The highest BCUT2D eigenvalue weighted by Crippen LogP contribution is 2.34. The van der Waals surface area contributed by atoms with Crippen LogP contribution < -0.4 is 9.64 Å². The zero-order chi connectivity index (χ0) is 19.8. The van der Waals surface area contributed by atoms with Gasteiger partial charge in [0.2, 0.25) is 0 Å². The first-order valence-corrected chi connectivity index (χ1v) is 10.2. The molecule has 2 aromatic heterocycles. The van der Waals surface area contributed by atoms with E-state index in [0.717, 1.165) is 59.1 Å². The molecule has 4 heterocycles. The second-order valence-electron chi connectivity index (χ2n) is 7.06. The molecule has 2 aliphatic rings. The molecule has 1 saturated heterocycles. The Bertz CT molecular complexity index is 1060. The SMILES string of the molecule is O=[N+]([O-])c1cc2c(c(CN3CCN(c4ncnc5sccc45)CC3)c1)OCOC2. The van der Waals surface area contributed by atoms with Gasteiger partial charge in [0, 0.05) is 56.0 Å². The van der Waals surface area contributed by atoms with Crippen LogP contribution in [0.5, 0.6) is 5.75 Å². The lowest BCUT2D eigenvalue weighted by Gasteiger charge is -2.36. The molecular formula is C19H19N5O4S. The Labute approximate surface area is 170 Å². The van der Waals surface area contributed by atoms with E-state index in [1.165, 1.54) is 6.07 Å². The van der Waals surface area contributed by atoms with Gasteiger partial charge < -0.3 is 14.4 Å². The molecular weight excluding hydrogens is 394 g/mol. The maximum Gasteiger partial charge on any atom is 0.270 e. The van der Waals surface area contributed by atoms with E-state index in [1.807, 2.05) is 5.38 Å². The maximum atomic E-state index is 11.3. The van der Waals surface area contributed by atoms with Crippen LogP contribution in [-0.2, 0) is 17.9 Å². The standard InChI is InChI=1S/C19H19N5O4S/c25-24(26)15-7-13(17-14(8-15)10-27-12-28-17)9-22-2-4-23(5-3-22)18-16-1-6-29-19(16)21-11-20-18/h1,6-8,11H,2-5,9-10,12H2. The van der Waals surface area contributed by atoms with Gasteiger partial charge in [0.05, 0.1) is 16.9 Å².